The van der Waals surface area contributed by atoms with Crippen molar-refractivity contribution >= 4 is 22.0 Å². The number of hydrogen-bond acceptors (Lipinski definition) is 6. The van der Waals surface area contributed by atoms with Crippen molar-refractivity contribution < 1.29 is 27.5 Å². The van der Waals surface area contributed by atoms with Crippen molar-refractivity contribution in [3.05, 3.63) is 41.5 Å². The van der Waals surface area contributed by atoms with Gasteiger partial charge in [0.2, 0.25) is 10.0 Å². The third-order valence-corrected chi connectivity index (χ3v) is 5.74. The summed E-state index contributed by atoms with van der Waals surface area (Å²) in [5.41, 5.74) is 1.43. The van der Waals surface area contributed by atoms with Crippen LogP contribution in [0.5, 0.6) is 0 Å². The molecule has 1 aliphatic rings. The van der Waals surface area contributed by atoms with Gasteiger partial charge >= 0.3 is 11.9 Å². The van der Waals surface area contributed by atoms with Gasteiger partial charge in [-0.2, -0.15) is 4.31 Å². The van der Waals surface area contributed by atoms with E-state index in [4.69, 9.17) is 9.47 Å². The van der Waals surface area contributed by atoms with Crippen LogP contribution in [0.15, 0.2) is 40.8 Å². The Hall–Kier alpha value is -2.19. The van der Waals surface area contributed by atoms with Crippen molar-refractivity contribution in [2.75, 3.05) is 20.3 Å². The Balaban J connectivity index is 2.36. The molecule has 0 aromatic heterocycles. The number of benzene rings is 1. The minimum atomic E-state index is -3.90. The molecule has 1 atom stereocenters. The van der Waals surface area contributed by atoms with Gasteiger partial charge in [0, 0.05) is 12.6 Å². The van der Waals surface area contributed by atoms with Crippen LogP contribution >= 0.6 is 0 Å². The van der Waals surface area contributed by atoms with E-state index in [1.165, 1.54) is 25.3 Å². The van der Waals surface area contributed by atoms with Crippen LogP contribution in [0.2, 0.25) is 0 Å². The van der Waals surface area contributed by atoms with Gasteiger partial charge in [-0.15, -0.1) is 0 Å². The van der Waals surface area contributed by atoms with E-state index in [0.717, 1.165) is 9.87 Å². The van der Waals surface area contributed by atoms with Gasteiger partial charge < -0.3 is 9.47 Å². The van der Waals surface area contributed by atoms with Crippen LogP contribution in [0, 0.1) is 6.92 Å². The zero-order chi connectivity index (χ0) is 18.6. The van der Waals surface area contributed by atoms with Gasteiger partial charge in [-0.1, -0.05) is 17.7 Å². The summed E-state index contributed by atoms with van der Waals surface area (Å²) in [7, 11) is -2.70. The molecule has 1 aromatic rings. The number of nitrogens with zero attached hydrogens (tertiary/aromatic N) is 1. The smallest absolute Gasteiger partial charge is 0.330 e. The van der Waals surface area contributed by atoms with E-state index >= 15 is 0 Å². The molecule has 0 aliphatic carbocycles. The molecule has 0 unspecified atom stereocenters. The maximum atomic E-state index is 12.9. The average Bonchev–Trinajstić information content (AvgIpc) is 2.99. The molecule has 8 heteroatoms. The van der Waals surface area contributed by atoms with E-state index in [9.17, 15) is 18.0 Å². The summed E-state index contributed by atoms with van der Waals surface area (Å²) >= 11 is 0. The Kier molecular flexibility index (Phi) is 5.97. The molecule has 136 valence electrons. The molecule has 0 N–H and O–H groups in total. The van der Waals surface area contributed by atoms with Gasteiger partial charge in [-0.05, 0) is 38.0 Å². The molecule has 0 spiro atoms. The summed E-state index contributed by atoms with van der Waals surface area (Å²) in [6, 6.07) is 5.35. The van der Waals surface area contributed by atoms with Crippen LogP contribution in [0.25, 0.3) is 0 Å². The number of sulfonamides is 1. The lowest BCUT2D eigenvalue weighted by atomic mass is 10.1. The Morgan fingerprint density at radius 3 is 2.48 bits per heavy atom. The maximum absolute atomic E-state index is 12.9. The second kappa shape index (κ2) is 7.79. The van der Waals surface area contributed by atoms with E-state index in [1.807, 2.05) is 6.92 Å². The first-order valence-electron chi connectivity index (χ1n) is 7.82. The van der Waals surface area contributed by atoms with Gasteiger partial charge in [0.1, 0.15) is 6.04 Å². The summed E-state index contributed by atoms with van der Waals surface area (Å²) < 4.78 is 36.5. The van der Waals surface area contributed by atoms with Crippen molar-refractivity contribution in [2.24, 2.45) is 0 Å². The highest BCUT2D eigenvalue weighted by Gasteiger charge is 2.42. The zero-order valence-corrected chi connectivity index (χ0v) is 15.2. The Bertz CT molecular complexity index is 782. The largest absolute Gasteiger partial charge is 0.468 e. The number of esters is 2. The standard InChI is InChI=1S/C17H21NO6S/c1-4-24-16(19)10-13-9-15(17(20)23-3)18(11-13)25(21,22)14-7-5-12(2)6-8-14/h5-8,10,15H,4,9,11H2,1-3H3/b13-10+/t15-/m0/s1. The molecule has 0 saturated carbocycles. The second-order valence-corrected chi connectivity index (χ2v) is 7.55. The number of carbonyl (C=O) groups is 2. The fourth-order valence-electron chi connectivity index (χ4n) is 2.62. The number of methoxy groups -OCH3 is 1. The first kappa shape index (κ1) is 19.1. The molecule has 1 aliphatic heterocycles. The fraction of sp³-hybridized carbons (Fsp3) is 0.412. The highest BCUT2D eigenvalue weighted by molar-refractivity contribution is 7.89. The number of rotatable bonds is 5. The topological polar surface area (TPSA) is 90.0 Å². The van der Waals surface area contributed by atoms with Crippen molar-refractivity contribution in [1.82, 2.24) is 4.31 Å². The van der Waals surface area contributed by atoms with Crippen LogP contribution < -0.4 is 0 Å². The minimum Gasteiger partial charge on any atom is -0.468 e. The van der Waals surface area contributed by atoms with Crippen molar-refractivity contribution in [3.63, 3.8) is 0 Å². The van der Waals surface area contributed by atoms with Crippen LogP contribution in [0.4, 0.5) is 0 Å². The SMILES string of the molecule is CCOC(=O)/C=C1\C[C@@H](C(=O)OC)N(S(=O)(=O)c2ccc(C)cc2)C1. The normalized spacial score (nSPS) is 19.8. The van der Waals surface area contributed by atoms with E-state index in [-0.39, 0.29) is 24.5 Å². The molecular weight excluding hydrogens is 346 g/mol. The van der Waals surface area contributed by atoms with Crippen LogP contribution in [0.3, 0.4) is 0 Å². The molecule has 1 saturated heterocycles. The molecule has 25 heavy (non-hydrogen) atoms. The highest BCUT2D eigenvalue weighted by atomic mass is 32.2. The molecule has 1 fully saturated rings. The second-order valence-electron chi connectivity index (χ2n) is 5.66. The van der Waals surface area contributed by atoms with Gasteiger partial charge in [0.25, 0.3) is 0 Å². The number of ether oxygens (including phenoxy) is 2. The van der Waals surface area contributed by atoms with E-state index in [2.05, 4.69) is 0 Å². The van der Waals surface area contributed by atoms with Crippen molar-refractivity contribution in [1.29, 1.82) is 0 Å². The first-order valence-corrected chi connectivity index (χ1v) is 9.26. The fourth-order valence-corrected chi connectivity index (χ4v) is 4.20. The summed E-state index contributed by atoms with van der Waals surface area (Å²) in [5, 5.41) is 0. The zero-order valence-electron chi connectivity index (χ0n) is 14.4. The van der Waals surface area contributed by atoms with Crippen LogP contribution in [0.1, 0.15) is 18.9 Å². The monoisotopic (exact) mass is 367 g/mol. The molecular formula is C17H21NO6S. The first-order chi connectivity index (χ1) is 11.8. The van der Waals surface area contributed by atoms with E-state index in [0.29, 0.717) is 5.57 Å². The lowest BCUT2D eigenvalue weighted by Crippen LogP contribution is -2.41. The lowest BCUT2D eigenvalue weighted by molar-refractivity contribution is -0.144. The van der Waals surface area contributed by atoms with Gasteiger partial charge in [-0.3, -0.25) is 4.79 Å². The molecule has 2 rings (SSSR count). The molecule has 0 radical (unpaired) electrons. The number of hydrogen-bond donors (Lipinski definition) is 0. The lowest BCUT2D eigenvalue weighted by Gasteiger charge is -2.21. The maximum Gasteiger partial charge on any atom is 0.330 e. The predicted octanol–water partition coefficient (Wildman–Crippen LogP) is 1.42. The van der Waals surface area contributed by atoms with E-state index < -0.39 is 28.0 Å². The summed E-state index contributed by atoms with van der Waals surface area (Å²) in [4.78, 5) is 23.8. The van der Waals surface area contributed by atoms with Crippen molar-refractivity contribution in [3.8, 4) is 0 Å². The van der Waals surface area contributed by atoms with Crippen LogP contribution in [-0.4, -0.2) is 51.0 Å². The summed E-state index contributed by atoms with van der Waals surface area (Å²) in [6.45, 7) is 3.68. The van der Waals surface area contributed by atoms with Gasteiger partial charge in [-0.25, -0.2) is 13.2 Å². The molecule has 7 nitrogen and oxygen atoms in total. The Labute approximate surface area is 147 Å². The third kappa shape index (κ3) is 4.26. The quantitative estimate of drug-likeness (QED) is 0.578. The molecule has 0 bridgehead atoms. The highest BCUT2D eigenvalue weighted by Crippen LogP contribution is 2.30. The number of aryl methyl sites for hydroxylation is 1. The minimum absolute atomic E-state index is 0.0607. The third-order valence-electron chi connectivity index (χ3n) is 3.87. The predicted molar refractivity (Wildman–Crippen MR) is 90.2 cm³/mol. The van der Waals surface area contributed by atoms with Crippen LogP contribution in [-0.2, 0) is 29.1 Å². The molecule has 0 amide bonds. The molecule has 1 heterocycles. The van der Waals surface area contributed by atoms with E-state index in [1.54, 1.807) is 19.1 Å². The average molecular weight is 367 g/mol. The Morgan fingerprint density at radius 1 is 1.28 bits per heavy atom. The summed E-state index contributed by atoms with van der Waals surface area (Å²) in [6.07, 6.45) is 1.33. The summed E-state index contributed by atoms with van der Waals surface area (Å²) in [5.74, 6) is -1.22. The van der Waals surface area contributed by atoms with Crippen molar-refractivity contribution in [2.45, 2.75) is 31.2 Å². The van der Waals surface area contributed by atoms with Gasteiger partial charge in [0.05, 0.1) is 18.6 Å². The number of carbonyl (C=O) groups excluding carboxylic acids is 2. The molecule has 1 aromatic carbocycles. The van der Waals surface area contributed by atoms with Gasteiger partial charge in [0.15, 0.2) is 0 Å². The Morgan fingerprint density at radius 2 is 1.92 bits per heavy atom.